The van der Waals surface area contributed by atoms with Crippen LogP contribution in [0, 0.1) is 0 Å². The zero-order valence-corrected chi connectivity index (χ0v) is 13.2. The number of halogens is 3. The lowest BCUT2D eigenvalue weighted by molar-refractivity contribution is 0.112. The second kappa shape index (κ2) is 5.24. The molecule has 0 unspecified atom stereocenters. The Hall–Kier alpha value is -1.29. The summed E-state index contributed by atoms with van der Waals surface area (Å²) in [5.41, 5.74) is 3.06. The van der Waals surface area contributed by atoms with E-state index in [9.17, 15) is 4.79 Å². The fraction of sp³-hybridized carbons (Fsp3) is 0. The Morgan fingerprint density at radius 3 is 2.60 bits per heavy atom. The van der Waals surface area contributed by atoms with Crippen LogP contribution in [0.4, 0.5) is 0 Å². The number of para-hydroxylation sites is 1. The topological polar surface area (TPSA) is 32.9 Å². The first-order valence-corrected chi connectivity index (χ1v) is 7.37. The second-order valence-electron chi connectivity index (χ2n) is 4.32. The Bertz CT molecular complexity index is 826. The minimum absolute atomic E-state index is 0.457. The maximum Gasteiger partial charge on any atom is 0.152 e. The van der Waals surface area contributed by atoms with Crippen molar-refractivity contribution in [3.63, 3.8) is 0 Å². The molecule has 0 saturated heterocycles. The maximum atomic E-state index is 11.4. The van der Waals surface area contributed by atoms with Gasteiger partial charge in [0.1, 0.15) is 0 Å². The molecule has 1 aromatic heterocycles. The van der Waals surface area contributed by atoms with Gasteiger partial charge in [-0.1, -0.05) is 41.4 Å². The molecule has 0 amide bonds. The predicted octanol–water partition coefficient (Wildman–Crippen LogP) is 5.72. The quantitative estimate of drug-likeness (QED) is 0.576. The van der Waals surface area contributed by atoms with Crippen molar-refractivity contribution in [2.24, 2.45) is 0 Å². The van der Waals surface area contributed by atoms with Gasteiger partial charge in [0.2, 0.25) is 0 Å². The van der Waals surface area contributed by atoms with Crippen LogP contribution in [0.15, 0.2) is 40.9 Å². The van der Waals surface area contributed by atoms with Crippen molar-refractivity contribution >= 4 is 56.3 Å². The van der Waals surface area contributed by atoms with Gasteiger partial charge in [-0.05, 0) is 34.1 Å². The molecule has 0 spiro atoms. The molecule has 2 nitrogen and oxygen atoms in total. The highest BCUT2D eigenvalue weighted by atomic mass is 79.9. The number of hydrogen-bond acceptors (Lipinski definition) is 1. The van der Waals surface area contributed by atoms with E-state index in [4.69, 9.17) is 23.2 Å². The zero-order chi connectivity index (χ0) is 14.3. The summed E-state index contributed by atoms with van der Waals surface area (Å²) >= 11 is 15.5. The molecule has 20 heavy (non-hydrogen) atoms. The lowest BCUT2D eigenvalue weighted by atomic mass is 10.1. The molecule has 0 aliphatic heterocycles. The summed E-state index contributed by atoms with van der Waals surface area (Å²) in [4.78, 5) is 14.7. The zero-order valence-electron chi connectivity index (χ0n) is 10.1. The Balaban J connectivity index is 2.33. The van der Waals surface area contributed by atoms with Gasteiger partial charge in [-0.3, -0.25) is 4.79 Å². The summed E-state index contributed by atoms with van der Waals surface area (Å²) in [6.45, 7) is 0. The molecule has 1 N–H and O–H groups in total. The van der Waals surface area contributed by atoms with Gasteiger partial charge < -0.3 is 4.98 Å². The van der Waals surface area contributed by atoms with Crippen LogP contribution in [0.25, 0.3) is 22.2 Å². The molecular weight excluding hydrogens is 361 g/mol. The van der Waals surface area contributed by atoms with Crippen LogP contribution < -0.4 is 0 Å². The van der Waals surface area contributed by atoms with E-state index in [1.165, 1.54) is 0 Å². The van der Waals surface area contributed by atoms with Crippen molar-refractivity contribution < 1.29 is 4.79 Å². The SMILES string of the molecule is O=Cc1c(-c2ccc(Cl)c(Cl)c2)[nH]c2c(Br)cccc12. The third-order valence-corrected chi connectivity index (χ3v) is 4.55. The van der Waals surface area contributed by atoms with Crippen LogP contribution in [0.2, 0.25) is 10.0 Å². The number of fused-ring (bicyclic) bond motifs is 1. The second-order valence-corrected chi connectivity index (χ2v) is 5.99. The van der Waals surface area contributed by atoms with Gasteiger partial charge in [0.15, 0.2) is 6.29 Å². The highest BCUT2D eigenvalue weighted by molar-refractivity contribution is 9.10. The average molecular weight is 369 g/mol. The number of hydrogen-bond donors (Lipinski definition) is 1. The Morgan fingerprint density at radius 2 is 1.90 bits per heavy atom. The van der Waals surface area contributed by atoms with Crippen LogP contribution >= 0.6 is 39.1 Å². The Kier molecular flexibility index (Phi) is 3.59. The van der Waals surface area contributed by atoms with Crippen LogP contribution in [0.3, 0.4) is 0 Å². The number of nitrogens with one attached hydrogen (secondary N) is 1. The van der Waals surface area contributed by atoms with Gasteiger partial charge in [-0.25, -0.2) is 0 Å². The van der Waals surface area contributed by atoms with E-state index in [1.807, 2.05) is 24.3 Å². The van der Waals surface area contributed by atoms with Crippen LogP contribution in [0.5, 0.6) is 0 Å². The molecule has 0 radical (unpaired) electrons. The highest BCUT2D eigenvalue weighted by Crippen LogP contribution is 2.35. The smallest absolute Gasteiger partial charge is 0.152 e. The molecule has 0 saturated carbocycles. The van der Waals surface area contributed by atoms with E-state index >= 15 is 0 Å². The Labute approximate surface area is 133 Å². The standard InChI is InChI=1S/C15H8BrCl2NO/c16-11-3-1-2-9-10(7-20)14(19-15(9)11)8-4-5-12(17)13(18)6-8/h1-7,19H. The number of H-pyrrole nitrogens is 1. The van der Waals surface area contributed by atoms with E-state index in [0.29, 0.717) is 15.6 Å². The number of aromatic amines is 1. The molecular formula is C15H8BrCl2NO. The van der Waals surface area contributed by atoms with E-state index in [1.54, 1.807) is 12.1 Å². The molecule has 5 heteroatoms. The van der Waals surface area contributed by atoms with Gasteiger partial charge in [-0.2, -0.15) is 0 Å². The lowest BCUT2D eigenvalue weighted by Gasteiger charge is -2.02. The third kappa shape index (κ3) is 2.16. The molecule has 0 aliphatic carbocycles. The number of aldehydes is 1. The van der Waals surface area contributed by atoms with Crippen molar-refractivity contribution in [3.05, 3.63) is 56.5 Å². The molecule has 0 bridgehead atoms. The number of carbonyl (C=O) groups excluding carboxylic acids is 1. The number of benzene rings is 2. The van der Waals surface area contributed by atoms with Crippen molar-refractivity contribution in [1.82, 2.24) is 4.98 Å². The summed E-state index contributed by atoms with van der Waals surface area (Å²) < 4.78 is 0.907. The largest absolute Gasteiger partial charge is 0.353 e. The van der Waals surface area contributed by atoms with Gasteiger partial charge in [0.25, 0.3) is 0 Å². The summed E-state index contributed by atoms with van der Waals surface area (Å²) in [7, 11) is 0. The van der Waals surface area contributed by atoms with Crippen LogP contribution in [-0.4, -0.2) is 11.3 Å². The van der Waals surface area contributed by atoms with Gasteiger partial charge in [0, 0.05) is 21.0 Å². The number of rotatable bonds is 2. The van der Waals surface area contributed by atoms with Crippen molar-refractivity contribution in [2.45, 2.75) is 0 Å². The summed E-state index contributed by atoms with van der Waals surface area (Å²) in [6.07, 6.45) is 0.850. The van der Waals surface area contributed by atoms with E-state index in [-0.39, 0.29) is 0 Å². The monoisotopic (exact) mass is 367 g/mol. The molecule has 2 aromatic carbocycles. The summed E-state index contributed by atoms with van der Waals surface area (Å²) in [5.74, 6) is 0. The van der Waals surface area contributed by atoms with E-state index in [0.717, 1.165) is 32.9 Å². The maximum absolute atomic E-state index is 11.4. The van der Waals surface area contributed by atoms with E-state index < -0.39 is 0 Å². The third-order valence-electron chi connectivity index (χ3n) is 3.15. The number of carbonyl (C=O) groups is 1. The molecule has 0 atom stereocenters. The highest BCUT2D eigenvalue weighted by Gasteiger charge is 2.14. The summed E-state index contributed by atoms with van der Waals surface area (Å²) in [5, 5.41) is 1.81. The lowest BCUT2D eigenvalue weighted by Crippen LogP contribution is -1.84. The summed E-state index contributed by atoms with van der Waals surface area (Å²) in [6, 6.07) is 11.0. The van der Waals surface area contributed by atoms with Crippen molar-refractivity contribution in [3.8, 4) is 11.3 Å². The average Bonchev–Trinajstić information content (AvgIpc) is 2.82. The molecule has 0 fully saturated rings. The molecule has 0 aliphatic rings. The first-order valence-electron chi connectivity index (χ1n) is 5.82. The van der Waals surface area contributed by atoms with Gasteiger partial charge >= 0.3 is 0 Å². The molecule has 3 rings (SSSR count). The first-order chi connectivity index (χ1) is 9.61. The van der Waals surface area contributed by atoms with Crippen LogP contribution in [0.1, 0.15) is 10.4 Å². The predicted molar refractivity (Wildman–Crippen MR) is 86.8 cm³/mol. The minimum Gasteiger partial charge on any atom is -0.353 e. The molecule has 3 aromatic rings. The Morgan fingerprint density at radius 1 is 1.10 bits per heavy atom. The minimum atomic E-state index is 0.457. The van der Waals surface area contributed by atoms with Crippen molar-refractivity contribution in [1.29, 1.82) is 0 Å². The van der Waals surface area contributed by atoms with Crippen LogP contribution in [-0.2, 0) is 0 Å². The van der Waals surface area contributed by atoms with Crippen molar-refractivity contribution in [2.75, 3.05) is 0 Å². The van der Waals surface area contributed by atoms with Gasteiger partial charge in [-0.15, -0.1) is 0 Å². The number of aromatic nitrogens is 1. The first kappa shape index (κ1) is 13.7. The normalized spacial score (nSPS) is 10.9. The van der Waals surface area contributed by atoms with E-state index in [2.05, 4.69) is 20.9 Å². The van der Waals surface area contributed by atoms with Gasteiger partial charge in [0.05, 0.1) is 21.3 Å². The molecule has 100 valence electrons. The fourth-order valence-corrected chi connectivity index (χ4v) is 2.97. The fourth-order valence-electron chi connectivity index (χ4n) is 2.20. The molecule has 1 heterocycles.